The van der Waals surface area contributed by atoms with E-state index in [1.165, 1.54) is 41.8 Å². The fraction of sp³-hybridized carbons (Fsp3) is 0.0769. The Morgan fingerprint density at radius 2 is 1.96 bits per heavy atom. The summed E-state index contributed by atoms with van der Waals surface area (Å²) < 4.78 is 30.5. The highest BCUT2D eigenvalue weighted by molar-refractivity contribution is 7.93. The Balaban J connectivity index is 1.73. The third-order valence-electron chi connectivity index (χ3n) is 2.93. The van der Waals surface area contributed by atoms with Crippen LogP contribution in [0.15, 0.2) is 40.7 Å². The molecule has 2 aromatic heterocycles. The van der Waals surface area contributed by atoms with Crippen LogP contribution in [-0.2, 0) is 10.0 Å². The van der Waals surface area contributed by atoms with Crippen molar-refractivity contribution in [2.45, 2.75) is 11.8 Å². The van der Waals surface area contributed by atoms with Gasteiger partial charge in [-0.3, -0.25) is 9.52 Å². The zero-order chi connectivity index (χ0) is 17.2. The van der Waals surface area contributed by atoms with Crippen LogP contribution in [-0.4, -0.2) is 28.9 Å². The average Bonchev–Trinajstić information content (AvgIpc) is 3.19. The van der Waals surface area contributed by atoms with Crippen LogP contribution in [0.3, 0.4) is 0 Å². The first-order valence-electron chi connectivity index (χ1n) is 6.58. The number of sulfonamides is 1. The lowest BCUT2D eigenvalue weighted by Gasteiger charge is -2.07. The third-order valence-corrected chi connectivity index (χ3v) is 5.93. The van der Waals surface area contributed by atoms with Crippen molar-refractivity contribution in [1.29, 1.82) is 0 Å². The molecule has 0 aliphatic carbocycles. The number of carbonyl (C=O) groups is 1. The van der Waals surface area contributed by atoms with E-state index in [1.807, 2.05) is 0 Å². The van der Waals surface area contributed by atoms with Crippen molar-refractivity contribution in [2.75, 3.05) is 10.0 Å². The number of aromatic nitrogens is 3. The zero-order valence-corrected chi connectivity index (χ0v) is 14.7. The van der Waals surface area contributed by atoms with Crippen LogP contribution in [0.5, 0.6) is 0 Å². The number of benzene rings is 1. The SMILES string of the molecule is Cc1nnsc1C(=O)Nc1ccc(S(=O)(=O)Nc2nccs2)cc1. The molecule has 1 aromatic carbocycles. The molecule has 2 heterocycles. The van der Waals surface area contributed by atoms with Gasteiger partial charge < -0.3 is 5.32 Å². The van der Waals surface area contributed by atoms with Crippen LogP contribution in [0.4, 0.5) is 10.8 Å². The summed E-state index contributed by atoms with van der Waals surface area (Å²) in [7, 11) is -3.71. The van der Waals surface area contributed by atoms with E-state index in [2.05, 4.69) is 24.6 Å². The maximum absolute atomic E-state index is 12.2. The molecule has 0 spiro atoms. The lowest BCUT2D eigenvalue weighted by Crippen LogP contribution is -2.14. The fourth-order valence-electron chi connectivity index (χ4n) is 1.79. The van der Waals surface area contributed by atoms with Crippen LogP contribution >= 0.6 is 22.9 Å². The average molecular weight is 381 g/mol. The molecular formula is C13H11N5O3S3. The van der Waals surface area contributed by atoms with Gasteiger partial charge in [0.15, 0.2) is 5.13 Å². The molecule has 0 aliphatic rings. The van der Waals surface area contributed by atoms with Gasteiger partial charge in [-0.2, -0.15) is 0 Å². The van der Waals surface area contributed by atoms with Crippen LogP contribution < -0.4 is 10.0 Å². The second kappa shape index (κ2) is 6.63. The number of rotatable bonds is 5. The lowest BCUT2D eigenvalue weighted by atomic mass is 10.3. The minimum absolute atomic E-state index is 0.0753. The summed E-state index contributed by atoms with van der Waals surface area (Å²) in [6.07, 6.45) is 1.51. The van der Waals surface area contributed by atoms with Gasteiger partial charge in [-0.25, -0.2) is 13.4 Å². The molecule has 8 nitrogen and oxygen atoms in total. The number of thiazole rings is 1. The minimum atomic E-state index is -3.71. The first kappa shape index (κ1) is 16.5. The van der Waals surface area contributed by atoms with Crippen molar-refractivity contribution < 1.29 is 13.2 Å². The quantitative estimate of drug-likeness (QED) is 0.701. The van der Waals surface area contributed by atoms with Crippen molar-refractivity contribution in [2.24, 2.45) is 0 Å². The second-order valence-electron chi connectivity index (χ2n) is 4.61. The van der Waals surface area contributed by atoms with E-state index in [0.717, 1.165) is 11.5 Å². The van der Waals surface area contributed by atoms with Gasteiger partial charge >= 0.3 is 0 Å². The first-order valence-corrected chi connectivity index (χ1v) is 9.72. The maximum Gasteiger partial charge on any atom is 0.269 e. The Bertz CT molecular complexity index is 949. The molecule has 0 fully saturated rings. The Morgan fingerprint density at radius 1 is 1.21 bits per heavy atom. The fourth-order valence-corrected chi connectivity index (χ4v) is 4.13. The number of nitrogens with one attached hydrogen (secondary N) is 2. The van der Waals surface area contributed by atoms with Gasteiger partial charge in [0.05, 0.1) is 10.6 Å². The first-order chi connectivity index (χ1) is 11.5. The van der Waals surface area contributed by atoms with E-state index >= 15 is 0 Å². The summed E-state index contributed by atoms with van der Waals surface area (Å²) in [6, 6.07) is 5.84. The predicted molar refractivity (Wildman–Crippen MR) is 92.0 cm³/mol. The van der Waals surface area contributed by atoms with Crippen LogP contribution in [0.25, 0.3) is 0 Å². The Kier molecular flexibility index (Phi) is 4.55. The Morgan fingerprint density at radius 3 is 2.54 bits per heavy atom. The van der Waals surface area contributed by atoms with Crippen molar-refractivity contribution in [3.05, 3.63) is 46.4 Å². The van der Waals surface area contributed by atoms with Gasteiger partial charge in [0.25, 0.3) is 15.9 Å². The molecule has 0 unspecified atom stereocenters. The topological polar surface area (TPSA) is 114 Å². The maximum atomic E-state index is 12.2. The molecular weight excluding hydrogens is 370 g/mol. The smallest absolute Gasteiger partial charge is 0.269 e. The summed E-state index contributed by atoms with van der Waals surface area (Å²) >= 11 is 2.19. The number of carbonyl (C=O) groups excluding carboxylic acids is 1. The van der Waals surface area contributed by atoms with Gasteiger partial charge in [0.2, 0.25) is 0 Å². The van der Waals surface area contributed by atoms with Gasteiger partial charge in [-0.15, -0.1) is 16.4 Å². The Labute approximate surface area is 145 Å². The number of nitrogens with zero attached hydrogens (tertiary/aromatic N) is 3. The zero-order valence-electron chi connectivity index (χ0n) is 12.3. The summed E-state index contributed by atoms with van der Waals surface area (Å²) in [5, 5.41) is 8.42. The number of anilines is 2. The molecule has 11 heteroatoms. The van der Waals surface area contributed by atoms with E-state index in [1.54, 1.807) is 12.3 Å². The van der Waals surface area contributed by atoms with Crippen LogP contribution in [0.1, 0.15) is 15.4 Å². The highest BCUT2D eigenvalue weighted by atomic mass is 32.2. The monoisotopic (exact) mass is 381 g/mol. The van der Waals surface area contributed by atoms with E-state index < -0.39 is 10.0 Å². The second-order valence-corrected chi connectivity index (χ2v) is 7.94. The van der Waals surface area contributed by atoms with Crippen molar-refractivity contribution >= 4 is 49.6 Å². The molecule has 0 bridgehead atoms. The minimum Gasteiger partial charge on any atom is -0.321 e. The summed E-state index contributed by atoms with van der Waals surface area (Å²) in [5.41, 5.74) is 1.02. The lowest BCUT2D eigenvalue weighted by molar-refractivity contribution is 0.103. The van der Waals surface area contributed by atoms with E-state index in [-0.39, 0.29) is 10.8 Å². The van der Waals surface area contributed by atoms with E-state index in [9.17, 15) is 13.2 Å². The highest BCUT2D eigenvalue weighted by Crippen LogP contribution is 2.20. The number of amides is 1. The molecule has 3 aromatic rings. The molecule has 0 saturated carbocycles. The van der Waals surface area contributed by atoms with Gasteiger partial charge in [-0.1, -0.05) is 4.49 Å². The molecule has 124 valence electrons. The molecule has 24 heavy (non-hydrogen) atoms. The van der Waals surface area contributed by atoms with Crippen LogP contribution in [0.2, 0.25) is 0 Å². The number of aryl methyl sites for hydroxylation is 1. The normalized spacial score (nSPS) is 11.2. The number of hydrogen-bond donors (Lipinski definition) is 2. The Hall–Kier alpha value is -2.37. The van der Waals surface area contributed by atoms with Gasteiger partial charge in [0, 0.05) is 17.3 Å². The third kappa shape index (κ3) is 3.58. The van der Waals surface area contributed by atoms with Gasteiger partial charge in [-0.05, 0) is 42.7 Å². The largest absolute Gasteiger partial charge is 0.321 e. The van der Waals surface area contributed by atoms with Crippen molar-refractivity contribution in [1.82, 2.24) is 14.6 Å². The molecule has 0 aliphatic heterocycles. The molecule has 0 radical (unpaired) electrons. The molecule has 3 rings (SSSR count). The molecule has 1 amide bonds. The summed E-state index contributed by atoms with van der Waals surface area (Å²) in [4.78, 5) is 16.4. The highest BCUT2D eigenvalue weighted by Gasteiger charge is 2.17. The van der Waals surface area contributed by atoms with Crippen molar-refractivity contribution in [3.8, 4) is 0 Å². The van der Waals surface area contributed by atoms with Crippen LogP contribution in [0, 0.1) is 6.92 Å². The standard InChI is InChI=1S/C13H11N5O3S3/c1-8-11(23-18-16-8)12(19)15-9-2-4-10(5-3-9)24(20,21)17-13-14-6-7-22-13/h2-7H,1H3,(H,14,17)(H,15,19). The predicted octanol–water partition coefficient (Wildman–Crippen LogP) is 2.36. The van der Waals surface area contributed by atoms with Crippen molar-refractivity contribution in [3.63, 3.8) is 0 Å². The molecule has 0 saturated heterocycles. The summed E-state index contributed by atoms with van der Waals surface area (Å²) in [5.74, 6) is -0.334. The molecule has 2 N–H and O–H groups in total. The van der Waals surface area contributed by atoms with E-state index in [4.69, 9.17) is 0 Å². The number of hydrogen-bond acceptors (Lipinski definition) is 8. The summed E-state index contributed by atoms with van der Waals surface area (Å²) in [6.45, 7) is 1.69. The van der Waals surface area contributed by atoms with Gasteiger partial charge in [0.1, 0.15) is 4.88 Å². The van der Waals surface area contributed by atoms with E-state index in [0.29, 0.717) is 21.4 Å². The molecule has 0 atom stereocenters.